The van der Waals surface area contributed by atoms with Crippen molar-refractivity contribution < 1.29 is 18.0 Å². The van der Waals surface area contributed by atoms with E-state index in [4.69, 9.17) is 0 Å². The zero-order chi connectivity index (χ0) is 24.8. The fourth-order valence-electron chi connectivity index (χ4n) is 4.52. The molecule has 0 aliphatic carbocycles. The molecule has 1 amide bonds. The predicted molar refractivity (Wildman–Crippen MR) is 133 cm³/mol. The van der Waals surface area contributed by atoms with Crippen molar-refractivity contribution in [3.05, 3.63) is 138 Å². The van der Waals surface area contributed by atoms with E-state index in [0.29, 0.717) is 6.54 Å². The third-order valence-electron chi connectivity index (χ3n) is 6.21. The first-order valence-corrected chi connectivity index (χ1v) is 11.4. The van der Waals surface area contributed by atoms with Crippen LogP contribution in [0.2, 0.25) is 0 Å². The van der Waals surface area contributed by atoms with Gasteiger partial charge in [-0.3, -0.25) is 4.79 Å². The van der Waals surface area contributed by atoms with Gasteiger partial charge in [0.15, 0.2) is 0 Å². The van der Waals surface area contributed by atoms with Gasteiger partial charge in [0.2, 0.25) is 5.91 Å². The second-order valence-corrected chi connectivity index (χ2v) is 8.49. The van der Waals surface area contributed by atoms with E-state index in [-0.39, 0.29) is 17.7 Å². The van der Waals surface area contributed by atoms with Crippen LogP contribution >= 0.6 is 0 Å². The van der Waals surface area contributed by atoms with Gasteiger partial charge in [0.05, 0.1) is 5.56 Å². The first-order chi connectivity index (χ1) is 16.8. The minimum Gasteiger partial charge on any atom is -0.312 e. The summed E-state index contributed by atoms with van der Waals surface area (Å²) in [5.41, 5.74) is 2.84. The van der Waals surface area contributed by atoms with Crippen LogP contribution in [0.3, 0.4) is 0 Å². The third-order valence-corrected chi connectivity index (χ3v) is 6.21. The number of anilines is 1. The Balaban J connectivity index is 1.86. The van der Waals surface area contributed by atoms with Gasteiger partial charge in [-0.1, -0.05) is 91.0 Å². The fraction of sp³-hybridized carbons (Fsp3) is 0.167. The highest BCUT2D eigenvalue weighted by molar-refractivity contribution is 5.91. The van der Waals surface area contributed by atoms with Gasteiger partial charge in [-0.25, -0.2) is 0 Å². The molecular formula is C30H26F3NO. The summed E-state index contributed by atoms with van der Waals surface area (Å²) in [6, 6.07) is 34.4. The number of nitrogens with zero attached hydrogens (tertiary/aromatic N) is 1. The summed E-state index contributed by atoms with van der Waals surface area (Å²) in [6.07, 6.45) is -4.41. The minimum absolute atomic E-state index is 0.131. The third kappa shape index (κ3) is 5.80. The molecule has 2 nitrogen and oxygen atoms in total. The number of alkyl halides is 3. The summed E-state index contributed by atoms with van der Waals surface area (Å²) >= 11 is 0. The van der Waals surface area contributed by atoms with Crippen LogP contribution in [0.1, 0.15) is 41.0 Å². The highest BCUT2D eigenvalue weighted by Crippen LogP contribution is 2.41. The fourth-order valence-corrected chi connectivity index (χ4v) is 4.52. The molecule has 0 heterocycles. The molecule has 0 saturated heterocycles. The molecule has 178 valence electrons. The molecule has 5 heteroatoms. The first kappa shape index (κ1) is 24.3. The summed E-state index contributed by atoms with van der Waals surface area (Å²) < 4.78 is 39.9. The number of rotatable bonds is 7. The Kier molecular flexibility index (Phi) is 7.35. The van der Waals surface area contributed by atoms with Crippen LogP contribution < -0.4 is 4.90 Å². The van der Waals surface area contributed by atoms with E-state index in [1.165, 1.54) is 19.1 Å². The van der Waals surface area contributed by atoms with Crippen LogP contribution in [-0.2, 0) is 11.0 Å². The molecule has 0 aliphatic rings. The standard InChI is InChI=1S/C30H26F3NO/c1-22(35)34(27-15-9-4-10-16-27)21-28(23-17-19-26(20-18-23)30(31,32)33)29(24-11-5-2-6-12-24)25-13-7-3-8-14-25/h2-20,28-29H,21H2,1H3. The summed E-state index contributed by atoms with van der Waals surface area (Å²) in [6.45, 7) is 1.82. The lowest BCUT2D eigenvalue weighted by Crippen LogP contribution is -2.35. The quantitative estimate of drug-likeness (QED) is 0.270. The number of para-hydroxylation sites is 1. The molecule has 35 heavy (non-hydrogen) atoms. The number of hydrogen-bond donors (Lipinski definition) is 0. The Morgan fingerprint density at radius 3 is 1.57 bits per heavy atom. The van der Waals surface area contributed by atoms with E-state index in [1.807, 2.05) is 91.0 Å². The van der Waals surface area contributed by atoms with Crippen molar-refractivity contribution in [2.75, 3.05) is 11.4 Å². The van der Waals surface area contributed by atoms with Crippen molar-refractivity contribution >= 4 is 11.6 Å². The smallest absolute Gasteiger partial charge is 0.312 e. The number of amides is 1. The van der Waals surface area contributed by atoms with E-state index < -0.39 is 11.7 Å². The van der Waals surface area contributed by atoms with Crippen molar-refractivity contribution in [2.45, 2.75) is 24.9 Å². The number of benzene rings is 4. The van der Waals surface area contributed by atoms with Crippen molar-refractivity contribution in [1.82, 2.24) is 0 Å². The van der Waals surface area contributed by atoms with Crippen molar-refractivity contribution in [2.24, 2.45) is 0 Å². The van der Waals surface area contributed by atoms with Gasteiger partial charge in [0.1, 0.15) is 0 Å². The lowest BCUT2D eigenvalue weighted by Gasteiger charge is -2.33. The first-order valence-electron chi connectivity index (χ1n) is 11.4. The molecular weight excluding hydrogens is 447 g/mol. The molecule has 1 atom stereocenters. The van der Waals surface area contributed by atoms with E-state index in [2.05, 4.69) is 0 Å². The van der Waals surface area contributed by atoms with E-state index >= 15 is 0 Å². The van der Waals surface area contributed by atoms with Crippen LogP contribution in [0, 0.1) is 0 Å². The molecule has 0 bridgehead atoms. The lowest BCUT2D eigenvalue weighted by atomic mass is 9.76. The Bertz CT molecular complexity index is 1180. The summed E-state index contributed by atoms with van der Waals surface area (Å²) in [5, 5.41) is 0. The lowest BCUT2D eigenvalue weighted by molar-refractivity contribution is -0.137. The molecule has 0 aliphatic heterocycles. The van der Waals surface area contributed by atoms with Crippen LogP contribution in [0.25, 0.3) is 0 Å². The van der Waals surface area contributed by atoms with Crippen molar-refractivity contribution in [1.29, 1.82) is 0 Å². The van der Waals surface area contributed by atoms with Crippen molar-refractivity contribution in [3.63, 3.8) is 0 Å². The summed E-state index contributed by atoms with van der Waals surface area (Å²) in [7, 11) is 0. The second-order valence-electron chi connectivity index (χ2n) is 8.49. The zero-order valence-electron chi connectivity index (χ0n) is 19.3. The molecule has 0 fully saturated rings. The average Bonchev–Trinajstić information content (AvgIpc) is 2.87. The highest BCUT2D eigenvalue weighted by Gasteiger charge is 2.33. The molecule has 4 rings (SSSR count). The Labute approximate surface area is 203 Å². The topological polar surface area (TPSA) is 20.3 Å². The van der Waals surface area contributed by atoms with Gasteiger partial charge in [0, 0.05) is 31.0 Å². The Morgan fingerprint density at radius 1 is 0.686 bits per heavy atom. The maximum atomic E-state index is 13.3. The normalized spacial score (nSPS) is 12.4. The van der Waals surface area contributed by atoms with Gasteiger partial charge in [-0.15, -0.1) is 0 Å². The van der Waals surface area contributed by atoms with Gasteiger partial charge in [-0.05, 0) is 41.0 Å². The van der Waals surface area contributed by atoms with Crippen molar-refractivity contribution in [3.8, 4) is 0 Å². The Hall–Kier alpha value is -3.86. The van der Waals surface area contributed by atoms with Gasteiger partial charge < -0.3 is 4.90 Å². The van der Waals surface area contributed by atoms with E-state index in [1.54, 1.807) is 4.90 Å². The predicted octanol–water partition coefficient (Wildman–Crippen LogP) is 7.67. The molecule has 0 spiro atoms. The van der Waals surface area contributed by atoms with Crippen LogP contribution in [-0.4, -0.2) is 12.5 Å². The molecule has 4 aromatic carbocycles. The summed E-state index contributed by atoms with van der Waals surface area (Å²) in [4.78, 5) is 14.5. The molecule has 0 N–H and O–H groups in total. The maximum Gasteiger partial charge on any atom is 0.416 e. The van der Waals surface area contributed by atoms with Crippen LogP contribution in [0.5, 0.6) is 0 Å². The van der Waals surface area contributed by atoms with E-state index in [0.717, 1.165) is 34.5 Å². The van der Waals surface area contributed by atoms with E-state index in [9.17, 15) is 18.0 Å². The second kappa shape index (κ2) is 10.6. The largest absolute Gasteiger partial charge is 0.416 e. The number of carbonyl (C=O) groups is 1. The average molecular weight is 474 g/mol. The summed E-state index contributed by atoms with van der Waals surface area (Å²) in [5.74, 6) is -0.612. The monoisotopic (exact) mass is 473 g/mol. The maximum absolute atomic E-state index is 13.3. The number of hydrogen-bond acceptors (Lipinski definition) is 1. The molecule has 0 radical (unpaired) electrons. The highest BCUT2D eigenvalue weighted by atomic mass is 19.4. The SMILES string of the molecule is CC(=O)N(CC(c1ccc(C(F)(F)F)cc1)C(c1ccccc1)c1ccccc1)c1ccccc1. The number of carbonyl (C=O) groups excluding carboxylic acids is 1. The van der Waals surface area contributed by atoms with Crippen LogP contribution in [0.4, 0.5) is 18.9 Å². The van der Waals surface area contributed by atoms with Crippen LogP contribution in [0.15, 0.2) is 115 Å². The molecule has 0 saturated carbocycles. The number of halogens is 3. The Morgan fingerprint density at radius 2 is 1.14 bits per heavy atom. The van der Waals surface area contributed by atoms with Gasteiger partial charge in [0.25, 0.3) is 0 Å². The molecule has 4 aromatic rings. The zero-order valence-corrected chi connectivity index (χ0v) is 19.3. The molecule has 0 aromatic heterocycles. The van der Waals surface area contributed by atoms with Gasteiger partial charge >= 0.3 is 6.18 Å². The van der Waals surface area contributed by atoms with Gasteiger partial charge in [-0.2, -0.15) is 13.2 Å². The minimum atomic E-state index is -4.41. The molecule has 1 unspecified atom stereocenters.